The molecular weight excluding hydrogens is 168 g/mol. The minimum Gasteiger partial charge on any atom is -0.379 e. The van der Waals surface area contributed by atoms with Crippen LogP contribution in [0.4, 0.5) is 0 Å². The predicted molar refractivity (Wildman–Crippen MR) is 50.2 cm³/mol. The van der Waals surface area contributed by atoms with Crippen molar-refractivity contribution in [2.24, 2.45) is 11.7 Å². The number of hydrogen-bond donors (Lipinski definition) is 2. The molecule has 0 radical (unpaired) electrons. The van der Waals surface area contributed by atoms with Crippen molar-refractivity contribution in [3.05, 3.63) is 0 Å². The van der Waals surface area contributed by atoms with Gasteiger partial charge in [-0.3, -0.25) is 4.79 Å². The molecule has 0 aromatic carbocycles. The first kappa shape index (κ1) is 10.5. The molecule has 1 amide bonds. The first-order chi connectivity index (χ1) is 6.20. The Balaban J connectivity index is 1.85. The molecule has 0 spiro atoms. The minimum absolute atomic E-state index is 0.116. The first-order valence-corrected chi connectivity index (χ1v) is 4.81. The SMILES string of the molecule is C[C@H](N)C(=O)NCCOCC1CC1. The van der Waals surface area contributed by atoms with Crippen molar-refractivity contribution in [1.29, 1.82) is 0 Å². The highest BCUT2D eigenvalue weighted by Crippen LogP contribution is 2.28. The van der Waals surface area contributed by atoms with Crippen LogP contribution in [0.2, 0.25) is 0 Å². The van der Waals surface area contributed by atoms with Crippen LogP contribution in [0.5, 0.6) is 0 Å². The Hall–Kier alpha value is -0.610. The van der Waals surface area contributed by atoms with E-state index in [1.54, 1.807) is 6.92 Å². The Morgan fingerprint density at radius 3 is 2.92 bits per heavy atom. The second-order valence-electron chi connectivity index (χ2n) is 3.60. The maximum absolute atomic E-state index is 11.0. The summed E-state index contributed by atoms with van der Waals surface area (Å²) in [4.78, 5) is 11.0. The molecule has 1 saturated carbocycles. The van der Waals surface area contributed by atoms with Crippen LogP contribution >= 0.6 is 0 Å². The molecule has 0 heterocycles. The lowest BCUT2D eigenvalue weighted by molar-refractivity contribution is -0.122. The molecule has 1 aliphatic rings. The number of ether oxygens (including phenoxy) is 1. The van der Waals surface area contributed by atoms with E-state index in [4.69, 9.17) is 10.5 Å². The second-order valence-corrected chi connectivity index (χ2v) is 3.60. The van der Waals surface area contributed by atoms with Gasteiger partial charge in [-0.05, 0) is 25.7 Å². The van der Waals surface area contributed by atoms with Gasteiger partial charge in [0.05, 0.1) is 12.6 Å². The third-order valence-corrected chi connectivity index (χ3v) is 2.01. The van der Waals surface area contributed by atoms with Gasteiger partial charge in [0.2, 0.25) is 5.91 Å². The Labute approximate surface area is 78.8 Å². The summed E-state index contributed by atoms with van der Waals surface area (Å²) in [6.07, 6.45) is 2.60. The number of hydrogen-bond acceptors (Lipinski definition) is 3. The molecule has 1 atom stereocenters. The number of carbonyl (C=O) groups excluding carboxylic acids is 1. The highest BCUT2D eigenvalue weighted by molar-refractivity contribution is 5.80. The minimum atomic E-state index is -0.427. The molecule has 4 nitrogen and oxygen atoms in total. The zero-order chi connectivity index (χ0) is 9.68. The summed E-state index contributed by atoms with van der Waals surface area (Å²) < 4.78 is 5.33. The van der Waals surface area contributed by atoms with Crippen molar-refractivity contribution in [3.63, 3.8) is 0 Å². The summed E-state index contributed by atoms with van der Waals surface area (Å²) in [5.41, 5.74) is 5.36. The molecule has 1 rings (SSSR count). The van der Waals surface area contributed by atoms with E-state index in [0.29, 0.717) is 13.2 Å². The van der Waals surface area contributed by atoms with Gasteiger partial charge in [0.15, 0.2) is 0 Å². The van der Waals surface area contributed by atoms with Crippen LogP contribution in [0.15, 0.2) is 0 Å². The number of amides is 1. The molecular formula is C9H18N2O2. The van der Waals surface area contributed by atoms with Crippen LogP contribution in [0.25, 0.3) is 0 Å². The van der Waals surface area contributed by atoms with Gasteiger partial charge < -0.3 is 15.8 Å². The second kappa shape index (κ2) is 5.19. The lowest BCUT2D eigenvalue weighted by Gasteiger charge is -2.07. The Kier molecular flexibility index (Phi) is 4.18. The number of nitrogens with one attached hydrogen (secondary N) is 1. The van der Waals surface area contributed by atoms with Gasteiger partial charge in [0.1, 0.15) is 0 Å². The van der Waals surface area contributed by atoms with E-state index in [9.17, 15) is 4.79 Å². The average Bonchev–Trinajstić information content (AvgIpc) is 2.87. The lowest BCUT2D eigenvalue weighted by Crippen LogP contribution is -2.39. The summed E-state index contributed by atoms with van der Waals surface area (Å²) in [6.45, 7) is 3.66. The third-order valence-electron chi connectivity index (χ3n) is 2.01. The largest absolute Gasteiger partial charge is 0.379 e. The number of carbonyl (C=O) groups is 1. The zero-order valence-electron chi connectivity index (χ0n) is 8.08. The average molecular weight is 186 g/mol. The fourth-order valence-electron chi connectivity index (χ4n) is 0.942. The van der Waals surface area contributed by atoms with Crippen molar-refractivity contribution in [2.45, 2.75) is 25.8 Å². The number of nitrogens with two attached hydrogens (primary N) is 1. The van der Waals surface area contributed by atoms with Crippen molar-refractivity contribution in [3.8, 4) is 0 Å². The third kappa shape index (κ3) is 4.85. The van der Waals surface area contributed by atoms with Crippen molar-refractivity contribution < 1.29 is 9.53 Å². The Morgan fingerprint density at radius 2 is 2.38 bits per heavy atom. The van der Waals surface area contributed by atoms with Crippen molar-refractivity contribution in [1.82, 2.24) is 5.32 Å². The Morgan fingerprint density at radius 1 is 1.69 bits per heavy atom. The summed E-state index contributed by atoms with van der Waals surface area (Å²) in [6, 6.07) is -0.427. The highest BCUT2D eigenvalue weighted by Gasteiger charge is 2.20. The maximum Gasteiger partial charge on any atom is 0.236 e. The predicted octanol–water partition coefficient (Wildman–Crippen LogP) is -0.124. The van der Waals surface area contributed by atoms with Gasteiger partial charge >= 0.3 is 0 Å². The quantitative estimate of drug-likeness (QED) is 0.568. The molecule has 0 bridgehead atoms. The van der Waals surface area contributed by atoms with Gasteiger partial charge in [-0.1, -0.05) is 0 Å². The van der Waals surface area contributed by atoms with Crippen molar-refractivity contribution >= 4 is 5.91 Å². The molecule has 0 aromatic rings. The van der Waals surface area contributed by atoms with E-state index in [2.05, 4.69) is 5.32 Å². The zero-order valence-corrected chi connectivity index (χ0v) is 8.08. The van der Waals surface area contributed by atoms with E-state index >= 15 is 0 Å². The summed E-state index contributed by atoms with van der Waals surface area (Å²) >= 11 is 0. The monoisotopic (exact) mass is 186 g/mol. The smallest absolute Gasteiger partial charge is 0.236 e. The van der Waals surface area contributed by atoms with Crippen LogP contribution in [0.3, 0.4) is 0 Å². The van der Waals surface area contributed by atoms with Crippen LogP contribution in [-0.2, 0) is 9.53 Å². The van der Waals surface area contributed by atoms with Gasteiger partial charge in [-0.15, -0.1) is 0 Å². The number of rotatable bonds is 6. The topological polar surface area (TPSA) is 64.4 Å². The molecule has 4 heteroatoms. The fourth-order valence-corrected chi connectivity index (χ4v) is 0.942. The molecule has 76 valence electrons. The molecule has 13 heavy (non-hydrogen) atoms. The fraction of sp³-hybridized carbons (Fsp3) is 0.889. The molecule has 0 saturated heterocycles. The first-order valence-electron chi connectivity index (χ1n) is 4.81. The van der Waals surface area contributed by atoms with E-state index in [1.165, 1.54) is 12.8 Å². The molecule has 1 aliphatic carbocycles. The molecule has 0 unspecified atom stereocenters. The Bertz CT molecular complexity index is 167. The van der Waals surface area contributed by atoms with E-state index in [1.807, 2.05) is 0 Å². The molecule has 0 aliphatic heterocycles. The van der Waals surface area contributed by atoms with E-state index < -0.39 is 6.04 Å². The lowest BCUT2D eigenvalue weighted by atomic mass is 10.3. The summed E-state index contributed by atoms with van der Waals surface area (Å²) in [7, 11) is 0. The molecule has 1 fully saturated rings. The maximum atomic E-state index is 11.0. The van der Waals surface area contributed by atoms with Crippen molar-refractivity contribution in [2.75, 3.05) is 19.8 Å². The van der Waals surface area contributed by atoms with Crippen LogP contribution in [0, 0.1) is 5.92 Å². The van der Waals surface area contributed by atoms with E-state index in [0.717, 1.165) is 12.5 Å². The van der Waals surface area contributed by atoms with Gasteiger partial charge in [-0.2, -0.15) is 0 Å². The van der Waals surface area contributed by atoms with Gasteiger partial charge in [0.25, 0.3) is 0 Å². The normalized spacial score (nSPS) is 18.3. The van der Waals surface area contributed by atoms with Gasteiger partial charge in [0, 0.05) is 13.2 Å². The standard InChI is InChI=1S/C9H18N2O2/c1-7(10)9(12)11-4-5-13-6-8-2-3-8/h7-8H,2-6,10H2,1H3,(H,11,12)/t7-/m0/s1. The molecule has 0 aromatic heterocycles. The van der Waals surface area contributed by atoms with Gasteiger partial charge in [-0.25, -0.2) is 0 Å². The van der Waals surface area contributed by atoms with Crippen LogP contribution in [0.1, 0.15) is 19.8 Å². The van der Waals surface area contributed by atoms with Crippen LogP contribution < -0.4 is 11.1 Å². The highest BCUT2D eigenvalue weighted by atomic mass is 16.5. The summed E-state index contributed by atoms with van der Waals surface area (Å²) in [5, 5.41) is 2.69. The molecule has 3 N–H and O–H groups in total. The summed E-state index contributed by atoms with van der Waals surface area (Å²) in [5.74, 6) is 0.666. The van der Waals surface area contributed by atoms with E-state index in [-0.39, 0.29) is 5.91 Å². The van der Waals surface area contributed by atoms with Crippen LogP contribution in [-0.4, -0.2) is 31.7 Å².